The molecule has 2 aromatic carbocycles. The Kier molecular flexibility index (Phi) is 4.88. The lowest BCUT2D eigenvalue weighted by atomic mass is 10.1. The monoisotopic (exact) mass is 352 g/mol. The molecule has 26 heavy (non-hydrogen) atoms. The summed E-state index contributed by atoms with van der Waals surface area (Å²) in [7, 11) is 3.14. The Morgan fingerprint density at radius 1 is 1.00 bits per heavy atom. The second-order valence-electron chi connectivity index (χ2n) is 5.91. The highest BCUT2D eigenvalue weighted by Crippen LogP contribution is 2.31. The smallest absolute Gasteiger partial charge is 0.258 e. The summed E-state index contributed by atoms with van der Waals surface area (Å²) in [4.78, 5) is 16.7. The van der Waals surface area contributed by atoms with E-state index in [1.807, 2.05) is 38.1 Å². The van der Waals surface area contributed by atoms with Crippen molar-refractivity contribution in [3.8, 4) is 22.9 Å². The standard InChI is InChI=1S/C19H20N4O3/c1-11-7-12(2)9-14(8-11)18(24)21-19-20-17(22-23-19)13-5-6-15(25-3)16(10-13)26-4/h5-10H,1-4H3,(H2,20,21,22,23,24). The van der Waals surface area contributed by atoms with E-state index in [0.29, 0.717) is 22.9 Å². The van der Waals surface area contributed by atoms with E-state index >= 15 is 0 Å². The van der Waals surface area contributed by atoms with Crippen LogP contribution < -0.4 is 14.8 Å². The summed E-state index contributed by atoms with van der Waals surface area (Å²) in [6.07, 6.45) is 0. The molecule has 0 saturated heterocycles. The van der Waals surface area contributed by atoms with E-state index in [1.54, 1.807) is 26.4 Å². The molecule has 0 saturated carbocycles. The van der Waals surface area contributed by atoms with Crippen molar-refractivity contribution in [1.82, 2.24) is 15.2 Å². The Labute approximate surface area is 151 Å². The lowest BCUT2D eigenvalue weighted by molar-refractivity contribution is 0.102. The molecule has 0 unspecified atom stereocenters. The summed E-state index contributed by atoms with van der Waals surface area (Å²) in [6, 6.07) is 11.1. The Hall–Kier alpha value is -3.35. The van der Waals surface area contributed by atoms with Crippen LogP contribution in [0.2, 0.25) is 0 Å². The average molecular weight is 352 g/mol. The Morgan fingerprint density at radius 2 is 1.69 bits per heavy atom. The van der Waals surface area contributed by atoms with Crippen molar-refractivity contribution in [2.75, 3.05) is 19.5 Å². The zero-order valence-corrected chi connectivity index (χ0v) is 15.1. The van der Waals surface area contributed by atoms with E-state index < -0.39 is 0 Å². The highest BCUT2D eigenvalue weighted by molar-refractivity contribution is 6.03. The van der Waals surface area contributed by atoms with E-state index in [-0.39, 0.29) is 11.9 Å². The minimum atomic E-state index is -0.255. The van der Waals surface area contributed by atoms with Crippen LogP contribution in [-0.4, -0.2) is 35.3 Å². The number of methoxy groups -OCH3 is 2. The molecule has 0 radical (unpaired) electrons. The molecule has 7 nitrogen and oxygen atoms in total. The lowest BCUT2D eigenvalue weighted by Gasteiger charge is -2.08. The summed E-state index contributed by atoms with van der Waals surface area (Å²) < 4.78 is 10.5. The number of H-pyrrole nitrogens is 1. The molecule has 0 aliphatic rings. The number of hydrogen-bond donors (Lipinski definition) is 2. The minimum Gasteiger partial charge on any atom is -0.493 e. The Bertz CT molecular complexity index is 929. The molecular weight excluding hydrogens is 332 g/mol. The molecule has 0 aliphatic heterocycles. The Morgan fingerprint density at radius 3 is 2.35 bits per heavy atom. The first-order chi connectivity index (χ1) is 12.5. The zero-order chi connectivity index (χ0) is 18.7. The highest BCUT2D eigenvalue weighted by atomic mass is 16.5. The SMILES string of the molecule is COc1ccc(-c2nc(NC(=O)c3cc(C)cc(C)c3)n[nH]2)cc1OC. The van der Waals surface area contributed by atoms with Gasteiger partial charge in [0.1, 0.15) is 0 Å². The molecule has 0 spiro atoms. The van der Waals surface area contributed by atoms with Crippen LogP contribution in [0.15, 0.2) is 36.4 Å². The normalized spacial score (nSPS) is 10.5. The number of aromatic nitrogens is 3. The summed E-state index contributed by atoms with van der Waals surface area (Å²) in [5.74, 6) is 1.68. The predicted molar refractivity (Wildman–Crippen MR) is 98.8 cm³/mol. The maximum atomic E-state index is 12.4. The second kappa shape index (κ2) is 7.26. The van der Waals surface area contributed by atoms with Crippen LogP contribution in [0.3, 0.4) is 0 Å². The van der Waals surface area contributed by atoms with Gasteiger partial charge in [0.15, 0.2) is 17.3 Å². The second-order valence-corrected chi connectivity index (χ2v) is 5.91. The van der Waals surface area contributed by atoms with E-state index in [2.05, 4.69) is 20.5 Å². The minimum absolute atomic E-state index is 0.207. The number of carbonyl (C=O) groups is 1. The fraction of sp³-hybridized carbons (Fsp3) is 0.211. The highest BCUT2D eigenvalue weighted by Gasteiger charge is 2.13. The van der Waals surface area contributed by atoms with Crippen LogP contribution in [0.1, 0.15) is 21.5 Å². The van der Waals surface area contributed by atoms with Crippen molar-refractivity contribution in [3.05, 3.63) is 53.1 Å². The number of benzene rings is 2. The molecular formula is C19H20N4O3. The first kappa shape index (κ1) is 17.5. The van der Waals surface area contributed by atoms with Crippen LogP contribution in [0, 0.1) is 13.8 Å². The van der Waals surface area contributed by atoms with Crippen molar-refractivity contribution in [2.24, 2.45) is 0 Å². The molecule has 0 bridgehead atoms. The van der Waals surface area contributed by atoms with E-state index in [0.717, 1.165) is 16.7 Å². The third kappa shape index (κ3) is 3.66. The van der Waals surface area contributed by atoms with Gasteiger partial charge in [-0.15, -0.1) is 5.10 Å². The van der Waals surface area contributed by atoms with Gasteiger partial charge >= 0.3 is 0 Å². The number of nitrogens with one attached hydrogen (secondary N) is 2. The predicted octanol–water partition coefficient (Wildman–Crippen LogP) is 3.36. The van der Waals surface area contributed by atoms with E-state index in [9.17, 15) is 4.79 Å². The zero-order valence-electron chi connectivity index (χ0n) is 15.1. The fourth-order valence-electron chi connectivity index (χ4n) is 2.71. The number of carbonyl (C=O) groups excluding carboxylic acids is 1. The van der Waals surface area contributed by atoms with Crippen LogP contribution in [0.5, 0.6) is 11.5 Å². The van der Waals surface area contributed by atoms with Crippen LogP contribution >= 0.6 is 0 Å². The Balaban J connectivity index is 1.80. The van der Waals surface area contributed by atoms with Crippen LogP contribution in [0.25, 0.3) is 11.4 Å². The van der Waals surface area contributed by atoms with E-state index in [1.165, 1.54) is 0 Å². The van der Waals surface area contributed by atoms with Crippen LogP contribution in [0.4, 0.5) is 5.95 Å². The number of aryl methyl sites for hydroxylation is 2. The van der Waals surface area contributed by atoms with Crippen molar-refractivity contribution in [2.45, 2.75) is 13.8 Å². The number of rotatable bonds is 5. The summed E-state index contributed by atoms with van der Waals surface area (Å²) >= 11 is 0. The molecule has 2 N–H and O–H groups in total. The quantitative estimate of drug-likeness (QED) is 0.735. The molecule has 7 heteroatoms. The van der Waals surface area contributed by atoms with Crippen molar-refractivity contribution in [3.63, 3.8) is 0 Å². The van der Waals surface area contributed by atoms with Crippen LogP contribution in [-0.2, 0) is 0 Å². The van der Waals surface area contributed by atoms with Gasteiger partial charge in [-0.2, -0.15) is 4.98 Å². The van der Waals surface area contributed by atoms with Crippen molar-refractivity contribution >= 4 is 11.9 Å². The summed E-state index contributed by atoms with van der Waals surface area (Å²) in [6.45, 7) is 3.90. The van der Waals surface area contributed by atoms with Crippen molar-refractivity contribution < 1.29 is 14.3 Å². The number of nitrogens with zero attached hydrogens (tertiary/aromatic N) is 2. The molecule has 0 aliphatic carbocycles. The van der Waals surface area contributed by atoms with Gasteiger partial charge in [-0.3, -0.25) is 15.2 Å². The van der Waals surface area contributed by atoms with E-state index in [4.69, 9.17) is 9.47 Å². The third-order valence-electron chi connectivity index (χ3n) is 3.85. The number of ether oxygens (including phenoxy) is 2. The topological polar surface area (TPSA) is 89.1 Å². The lowest BCUT2D eigenvalue weighted by Crippen LogP contribution is -2.13. The molecule has 1 amide bonds. The molecule has 134 valence electrons. The number of amides is 1. The van der Waals surface area contributed by atoms with Gasteiger partial charge in [-0.05, 0) is 44.2 Å². The van der Waals surface area contributed by atoms with Gasteiger partial charge < -0.3 is 9.47 Å². The largest absolute Gasteiger partial charge is 0.493 e. The molecule has 0 fully saturated rings. The maximum Gasteiger partial charge on any atom is 0.258 e. The molecule has 3 rings (SSSR count). The number of anilines is 1. The molecule has 3 aromatic rings. The fourth-order valence-corrected chi connectivity index (χ4v) is 2.71. The molecule has 1 aromatic heterocycles. The first-order valence-corrected chi connectivity index (χ1v) is 8.04. The summed E-state index contributed by atoms with van der Waals surface area (Å²) in [5.41, 5.74) is 3.38. The van der Waals surface area contributed by atoms with Gasteiger partial charge in [0.2, 0.25) is 5.95 Å². The average Bonchev–Trinajstić information content (AvgIpc) is 3.08. The molecule has 0 atom stereocenters. The van der Waals surface area contributed by atoms with Gasteiger partial charge in [0, 0.05) is 11.1 Å². The number of hydrogen-bond acceptors (Lipinski definition) is 5. The van der Waals surface area contributed by atoms with Gasteiger partial charge in [0.25, 0.3) is 5.91 Å². The first-order valence-electron chi connectivity index (χ1n) is 8.04. The van der Waals surface area contributed by atoms with Gasteiger partial charge in [0.05, 0.1) is 14.2 Å². The number of aromatic amines is 1. The van der Waals surface area contributed by atoms with Gasteiger partial charge in [-0.1, -0.05) is 17.2 Å². The van der Waals surface area contributed by atoms with Crippen molar-refractivity contribution in [1.29, 1.82) is 0 Å². The summed E-state index contributed by atoms with van der Waals surface area (Å²) in [5, 5.41) is 9.58. The maximum absolute atomic E-state index is 12.4. The van der Waals surface area contributed by atoms with Gasteiger partial charge in [-0.25, -0.2) is 0 Å². The molecule has 1 heterocycles. The third-order valence-corrected chi connectivity index (χ3v) is 3.85.